The molecule has 1 aromatic rings. The molecule has 0 aliphatic carbocycles. The molecule has 0 saturated carbocycles. The van der Waals surface area contributed by atoms with E-state index in [1.807, 2.05) is 45.9 Å². The van der Waals surface area contributed by atoms with Gasteiger partial charge in [-0.1, -0.05) is 56.3 Å². The lowest BCUT2D eigenvalue weighted by atomic mass is 9.86. The van der Waals surface area contributed by atoms with Crippen molar-refractivity contribution < 1.29 is 14.3 Å². The van der Waals surface area contributed by atoms with E-state index < -0.39 is 5.72 Å². The third-order valence-corrected chi connectivity index (χ3v) is 4.89. The Morgan fingerprint density at radius 1 is 1.23 bits per heavy atom. The first-order chi connectivity index (χ1) is 12.0. The zero-order valence-electron chi connectivity index (χ0n) is 17.0. The van der Waals surface area contributed by atoms with Crippen molar-refractivity contribution in [2.75, 3.05) is 13.2 Å². The number of ether oxygens (including phenoxy) is 2. The van der Waals surface area contributed by atoms with Gasteiger partial charge in [-0.3, -0.25) is 4.90 Å². The maximum atomic E-state index is 12.6. The smallest absolute Gasteiger partial charge is 0.412 e. The van der Waals surface area contributed by atoms with E-state index in [2.05, 4.69) is 38.1 Å². The van der Waals surface area contributed by atoms with Gasteiger partial charge < -0.3 is 9.47 Å². The topological polar surface area (TPSA) is 38.8 Å². The molecule has 1 aliphatic heterocycles. The highest BCUT2D eigenvalue weighted by atomic mass is 16.6. The fourth-order valence-electron chi connectivity index (χ4n) is 3.34. The molecule has 0 spiro atoms. The molecular weight excluding hydrogens is 326 g/mol. The lowest BCUT2D eigenvalue weighted by Crippen LogP contribution is -2.53. The van der Waals surface area contributed by atoms with E-state index in [0.29, 0.717) is 13.2 Å². The van der Waals surface area contributed by atoms with Gasteiger partial charge in [0.25, 0.3) is 0 Å². The Kier molecular flexibility index (Phi) is 6.17. The predicted molar refractivity (Wildman–Crippen MR) is 106 cm³/mol. The standard InChI is InChI=1S/C22H33NO3/c1-20(2,14-10-13-18-11-8-7-9-12-18)15-16-25-19(24)23-21(3,4)17-26-22(23,5)6/h7-13H,14-17H2,1-6H3/b13-10+. The monoisotopic (exact) mass is 359 g/mol. The van der Waals surface area contributed by atoms with Crippen LogP contribution in [0, 0.1) is 5.41 Å². The van der Waals surface area contributed by atoms with Crippen molar-refractivity contribution in [3.8, 4) is 0 Å². The summed E-state index contributed by atoms with van der Waals surface area (Å²) in [6, 6.07) is 10.3. The van der Waals surface area contributed by atoms with Crippen LogP contribution in [0.4, 0.5) is 4.79 Å². The summed E-state index contributed by atoms with van der Waals surface area (Å²) in [4.78, 5) is 14.3. The van der Waals surface area contributed by atoms with Crippen LogP contribution in [-0.2, 0) is 9.47 Å². The molecule has 26 heavy (non-hydrogen) atoms. The first kappa shape index (κ1) is 20.5. The molecule has 0 N–H and O–H groups in total. The van der Waals surface area contributed by atoms with E-state index in [0.717, 1.165) is 12.8 Å². The molecule has 4 nitrogen and oxygen atoms in total. The van der Waals surface area contributed by atoms with Crippen molar-refractivity contribution in [3.63, 3.8) is 0 Å². The molecule has 1 saturated heterocycles. The maximum Gasteiger partial charge on any atom is 0.412 e. The molecule has 1 aliphatic rings. The van der Waals surface area contributed by atoms with E-state index in [1.54, 1.807) is 4.90 Å². The number of rotatable bonds is 6. The van der Waals surface area contributed by atoms with E-state index in [1.165, 1.54) is 5.56 Å². The summed E-state index contributed by atoms with van der Waals surface area (Å²) < 4.78 is 11.3. The van der Waals surface area contributed by atoms with Gasteiger partial charge in [0.2, 0.25) is 0 Å². The summed E-state index contributed by atoms with van der Waals surface area (Å²) in [5.41, 5.74) is 0.287. The second-order valence-electron chi connectivity index (χ2n) is 8.93. The molecule has 144 valence electrons. The predicted octanol–water partition coefficient (Wildman–Crippen LogP) is 5.49. The SMILES string of the molecule is CC(C)(C/C=C/c1ccccc1)CCOC(=O)N1C(C)(C)COC1(C)C. The van der Waals surface area contributed by atoms with Crippen LogP contribution >= 0.6 is 0 Å². The summed E-state index contributed by atoms with van der Waals surface area (Å²) >= 11 is 0. The molecule has 2 rings (SSSR count). The van der Waals surface area contributed by atoms with E-state index in [4.69, 9.17) is 9.47 Å². The Balaban J connectivity index is 1.82. The largest absolute Gasteiger partial charge is 0.449 e. The first-order valence-electron chi connectivity index (χ1n) is 9.36. The molecule has 1 fully saturated rings. The molecule has 0 atom stereocenters. The first-order valence-corrected chi connectivity index (χ1v) is 9.36. The molecule has 0 aromatic heterocycles. The Hall–Kier alpha value is -1.81. The Bertz CT molecular complexity index is 616. The molecule has 1 heterocycles. The number of hydrogen-bond acceptors (Lipinski definition) is 3. The van der Waals surface area contributed by atoms with Crippen molar-refractivity contribution in [1.82, 2.24) is 4.90 Å². The number of carbonyl (C=O) groups is 1. The quantitative estimate of drug-likeness (QED) is 0.674. The second kappa shape index (κ2) is 7.83. The number of nitrogens with zero attached hydrogens (tertiary/aromatic N) is 1. The Labute approximate surface area is 158 Å². The fraction of sp³-hybridized carbons (Fsp3) is 0.591. The average molecular weight is 360 g/mol. The van der Waals surface area contributed by atoms with Crippen LogP contribution in [0.2, 0.25) is 0 Å². The van der Waals surface area contributed by atoms with Crippen LogP contribution in [0.15, 0.2) is 36.4 Å². The van der Waals surface area contributed by atoms with Gasteiger partial charge in [0.1, 0.15) is 5.72 Å². The van der Waals surface area contributed by atoms with Gasteiger partial charge in [-0.05, 0) is 51.5 Å². The van der Waals surface area contributed by atoms with E-state index in [9.17, 15) is 4.79 Å². The van der Waals surface area contributed by atoms with Crippen molar-refractivity contribution >= 4 is 12.2 Å². The molecule has 1 amide bonds. The maximum absolute atomic E-state index is 12.6. The number of hydrogen-bond donors (Lipinski definition) is 0. The van der Waals surface area contributed by atoms with Gasteiger partial charge in [-0.2, -0.15) is 0 Å². The fourth-order valence-corrected chi connectivity index (χ4v) is 3.34. The highest BCUT2D eigenvalue weighted by Crippen LogP contribution is 2.35. The van der Waals surface area contributed by atoms with Crippen LogP contribution in [0.25, 0.3) is 6.08 Å². The lowest BCUT2D eigenvalue weighted by molar-refractivity contribution is -0.0527. The summed E-state index contributed by atoms with van der Waals surface area (Å²) in [7, 11) is 0. The highest BCUT2D eigenvalue weighted by molar-refractivity contribution is 5.70. The third kappa shape index (κ3) is 5.34. The summed E-state index contributed by atoms with van der Waals surface area (Å²) in [5.74, 6) is 0. The van der Waals surface area contributed by atoms with E-state index >= 15 is 0 Å². The van der Waals surface area contributed by atoms with Crippen LogP contribution in [0.1, 0.15) is 59.9 Å². The van der Waals surface area contributed by atoms with Gasteiger partial charge >= 0.3 is 6.09 Å². The van der Waals surface area contributed by atoms with Crippen LogP contribution in [-0.4, -0.2) is 35.5 Å². The van der Waals surface area contributed by atoms with Crippen molar-refractivity contribution in [2.45, 2.75) is 65.6 Å². The van der Waals surface area contributed by atoms with Gasteiger partial charge in [0.05, 0.1) is 18.8 Å². The Morgan fingerprint density at radius 3 is 2.46 bits per heavy atom. The minimum atomic E-state index is -0.630. The van der Waals surface area contributed by atoms with Crippen molar-refractivity contribution in [1.29, 1.82) is 0 Å². The lowest BCUT2D eigenvalue weighted by Gasteiger charge is -2.37. The second-order valence-corrected chi connectivity index (χ2v) is 8.93. The highest BCUT2D eigenvalue weighted by Gasteiger charge is 2.49. The molecule has 0 unspecified atom stereocenters. The average Bonchev–Trinajstić information content (AvgIpc) is 2.76. The summed E-state index contributed by atoms with van der Waals surface area (Å²) in [6.07, 6.45) is 5.78. The normalized spacial score (nSPS) is 19.1. The van der Waals surface area contributed by atoms with Crippen LogP contribution in [0.5, 0.6) is 0 Å². The number of benzene rings is 1. The Morgan fingerprint density at radius 2 is 1.88 bits per heavy atom. The van der Waals surface area contributed by atoms with Gasteiger partial charge in [-0.15, -0.1) is 0 Å². The molecule has 0 radical (unpaired) electrons. The van der Waals surface area contributed by atoms with E-state index in [-0.39, 0.29) is 17.0 Å². The van der Waals surface area contributed by atoms with Gasteiger partial charge in [0.15, 0.2) is 0 Å². The van der Waals surface area contributed by atoms with Gasteiger partial charge in [-0.25, -0.2) is 4.79 Å². The summed E-state index contributed by atoms with van der Waals surface area (Å²) in [5, 5.41) is 0. The van der Waals surface area contributed by atoms with Crippen molar-refractivity contribution in [3.05, 3.63) is 42.0 Å². The number of allylic oxidation sites excluding steroid dienone is 1. The molecule has 0 bridgehead atoms. The number of carbonyl (C=O) groups excluding carboxylic acids is 1. The summed E-state index contributed by atoms with van der Waals surface area (Å²) in [6.45, 7) is 13.1. The van der Waals surface area contributed by atoms with Gasteiger partial charge in [0, 0.05) is 0 Å². The van der Waals surface area contributed by atoms with Crippen molar-refractivity contribution in [2.24, 2.45) is 5.41 Å². The minimum absolute atomic E-state index is 0.0676. The van der Waals surface area contributed by atoms with Crippen LogP contribution < -0.4 is 0 Å². The van der Waals surface area contributed by atoms with Crippen LogP contribution in [0.3, 0.4) is 0 Å². The zero-order chi connectivity index (χ0) is 19.4. The third-order valence-electron chi connectivity index (χ3n) is 4.89. The molecular formula is C22H33NO3. The number of amides is 1. The molecule has 4 heteroatoms. The minimum Gasteiger partial charge on any atom is -0.449 e. The molecule has 1 aromatic carbocycles. The zero-order valence-corrected chi connectivity index (χ0v) is 17.0.